The average Bonchev–Trinajstić information content (AvgIpc) is 3.01. The number of aromatic nitrogens is 1. The van der Waals surface area contributed by atoms with Crippen molar-refractivity contribution in [3.8, 4) is 5.69 Å². The standard InChI is InChI=1S/C24H27N3OS/c1-17-10-12-23(13-11-17)27-18(2)14-22(19(27)3)15-25-26-24(28)20(4)29-16-21-8-6-5-7-9-21/h5-15,20H,16H2,1-4H3,(H,26,28)/b25-15-/t20-/m1/s1. The Morgan fingerprint density at radius 3 is 2.48 bits per heavy atom. The van der Waals surface area contributed by atoms with Gasteiger partial charge in [-0.15, -0.1) is 11.8 Å². The minimum atomic E-state index is -0.174. The van der Waals surface area contributed by atoms with Gasteiger partial charge in [-0.3, -0.25) is 4.79 Å². The van der Waals surface area contributed by atoms with E-state index < -0.39 is 0 Å². The number of rotatable bonds is 7. The maximum Gasteiger partial charge on any atom is 0.252 e. The largest absolute Gasteiger partial charge is 0.318 e. The molecule has 5 heteroatoms. The summed E-state index contributed by atoms with van der Waals surface area (Å²) < 4.78 is 2.20. The Balaban J connectivity index is 1.60. The number of hydrogen-bond acceptors (Lipinski definition) is 3. The van der Waals surface area contributed by atoms with Crippen LogP contribution in [0, 0.1) is 20.8 Å². The number of thioether (sulfide) groups is 1. The second kappa shape index (κ2) is 9.61. The highest BCUT2D eigenvalue weighted by molar-refractivity contribution is 7.99. The van der Waals surface area contributed by atoms with Crippen LogP contribution in [-0.4, -0.2) is 21.9 Å². The Morgan fingerprint density at radius 1 is 1.10 bits per heavy atom. The quantitative estimate of drug-likeness (QED) is 0.435. The molecule has 0 spiro atoms. The van der Waals surface area contributed by atoms with E-state index >= 15 is 0 Å². The second-order valence-corrected chi connectivity index (χ2v) is 8.50. The number of hydrazone groups is 1. The molecule has 0 aliphatic rings. The van der Waals surface area contributed by atoms with Gasteiger partial charge in [0.1, 0.15) is 0 Å². The fourth-order valence-corrected chi connectivity index (χ4v) is 3.98. The van der Waals surface area contributed by atoms with E-state index in [9.17, 15) is 4.79 Å². The molecule has 0 radical (unpaired) electrons. The number of benzene rings is 2. The van der Waals surface area contributed by atoms with Crippen LogP contribution in [0.5, 0.6) is 0 Å². The summed E-state index contributed by atoms with van der Waals surface area (Å²) >= 11 is 1.60. The first kappa shape index (κ1) is 20.9. The zero-order chi connectivity index (χ0) is 20.8. The zero-order valence-electron chi connectivity index (χ0n) is 17.3. The van der Waals surface area contributed by atoms with Crippen molar-refractivity contribution in [1.82, 2.24) is 9.99 Å². The molecule has 0 saturated heterocycles. The molecule has 29 heavy (non-hydrogen) atoms. The normalized spacial score (nSPS) is 12.3. The Bertz CT molecular complexity index is 991. The van der Waals surface area contributed by atoms with Crippen LogP contribution < -0.4 is 5.43 Å². The molecule has 0 unspecified atom stereocenters. The molecule has 0 fully saturated rings. The number of aryl methyl sites for hydroxylation is 2. The first-order valence-corrected chi connectivity index (χ1v) is 10.7. The number of carbonyl (C=O) groups excluding carboxylic acids is 1. The average molecular weight is 406 g/mol. The van der Waals surface area contributed by atoms with Gasteiger partial charge in [0.2, 0.25) is 0 Å². The van der Waals surface area contributed by atoms with Gasteiger partial charge < -0.3 is 4.57 Å². The third-order valence-corrected chi connectivity index (χ3v) is 6.07. The summed E-state index contributed by atoms with van der Waals surface area (Å²) in [5, 5.41) is 4.02. The number of nitrogens with zero attached hydrogens (tertiary/aromatic N) is 2. The van der Waals surface area contributed by atoms with Gasteiger partial charge in [0.05, 0.1) is 11.5 Å². The summed E-state index contributed by atoms with van der Waals surface area (Å²) in [6, 6.07) is 20.7. The van der Waals surface area contributed by atoms with E-state index in [1.54, 1.807) is 18.0 Å². The van der Waals surface area contributed by atoms with Crippen LogP contribution in [0.25, 0.3) is 5.69 Å². The molecular weight excluding hydrogens is 378 g/mol. The van der Waals surface area contributed by atoms with Crippen molar-refractivity contribution in [3.63, 3.8) is 0 Å². The molecule has 0 saturated carbocycles. The summed E-state index contributed by atoms with van der Waals surface area (Å²) in [7, 11) is 0. The summed E-state index contributed by atoms with van der Waals surface area (Å²) in [4.78, 5) is 12.3. The van der Waals surface area contributed by atoms with Gasteiger partial charge in [0.25, 0.3) is 5.91 Å². The number of nitrogens with one attached hydrogen (secondary N) is 1. The van der Waals surface area contributed by atoms with E-state index in [0.29, 0.717) is 0 Å². The van der Waals surface area contributed by atoms with E-state index in [-0.39, 0.29) is 11.2 Å². The Labute approximate surface area is 177 Å². The van der Waals surface area contributed by atoms with E-state index in [0.717, 1.165) is 28.4 Å². The molecule has 3 aromatic rings. The third-order valence-electron chi connectivity index (χ3n) is 4.85. The highest BCUT2D eigenvalue weighted by Gasteiger charge is 2.13. The number of hydrogen-bond donors (Lipinski definition) is 1. The van der Waals surface area contributed by atoms with Crippen LogP contribution >= 0.6 is 11.8 Å². The van der Waals surface area contributed by atoms with Crippen molar-refractivity contribution >= 4 is 23.9 Å². The summed E-state index contributed by atoms with van der Waals surface area (Å²) in [5.41, 5.74) is 9.46. The first-order valence-electron chi connectivity index (χ1n) is 9.70. The lowest BCUT2D eigenvalue weighted by Gasteiger charge is -2.10. The van der Waals surface area contributed by atoms with Gasteiger partial charge in [0, 0.05) is 28.4 Å². The molecule has 0 bridgehead atoms. The molecule has 1 N–H and O–H groups in total. The SMILES string of the molecule is Cc1ccc(-n2c(C)cc(/C=N\NC(=O)[C@@H](C)SCc3ccccc3)c2C)cc1. The molecule has 1 atom stereocenters. The van der Waals surface area contributed by atoms with E-state index in [4.69, 9.17) is 0 Å². The van der Waals surface area contributed by atoms with Crippen molar-refractivity contribution in [2.24, 2.45) is 5.10 Å². The molecule has 150 valence electrons. The lowest BCUT2D eigenvalue weighted by atomic mass is 10.2. The maximum absolute atomic E-state index is 12.3. The van der Waals surface area contributed by atoms with Gasteiger partial charge in [0.15, 0.2) is 0 Å². The van der Waals surface area contributed by atoms with Gasteiger partial charge in [-0.2, -0.15) is 5.10 Å². The molecule has 1 amide bonds. The summed E-state index contributed by atoms with van der Waals surface area (Å²) in [6.07, 6.45) is 1.72. The van der Waals surface area contributed by atoms with Crippen LogP contribution in [0.15, 0.2) is 65.8 Å². The number of carbonyl (C=O) groups is 1. The van der Waals surface area contributed by atoms with Crippen molar-refractivity contribution in [2.45, 2.75) is 38.7 Å². The Morgan fingerprint density at radius 2 is 1.79 bits per heavy atom. The highest BCUT2D eigenvalue weighted by Crippen LogP contribution is 2.20. The molecule has 1 heterocycles. The van der Waals surface area contributed by atoms with Crippen LogP contribution in [0.3, 0.4) is 0 Å². The van der Waals surface area contributed by atoms with Crippen molar-refractivity contribution < 1.29 is 4.79 Å². The monoisotopic (exact) mass is 405 g/mol. The van der Waals surface area contributed by atoms with Crippen LogP contribution in [0.1, 0.15) is 35.0 Å². The van der Waals surface area contributed by atoms with Gasteiger partial charge in [-0.05, 0) is 51.5 Å². The summed E-state index contributed by atoms with van der Waals surface area (Å²) in [5.74, 6) is 0.714. The van der Waals surface area contributed by atoms with Crippen molar-refractivity contribution in [2.75, 3.05) is 0 Å². The smallest absolute Gasteiger partial charge is 0.252 e. The van der Waals surface area contributed by atoms with E-state index in [2.05, 4.69) is 78.3 Å². The first-order chi connectivity index (χ1) is 14.0. The molecule has 0 aliphatic heterocycles. The highest BCUT2D eigenvalue weighted by atomic mass is 32.2. The predicted octanol–water partition coefficient (Wildman–Crippen LogP) is 5.17. The fraction of sp³-hybridized carbons (Fsp3) is 0.250. The zero-order valence-corrected chi connectivity index (χ0v) is 18.2. The maximum atomic E-state index is 12.3. The van der Waals surface area contributed by atoms with Gasteiger partial charge >= 0.3 is 0 Å². The molecule has 3 rings (SSSR count). The molecule has 0 aliphatic carbocycles. The lowest BCUT2D eigenvalue weighted by molar-refractivity contribution is -0.120. The topological polar surface area (TPSA) is 46.4 Å². The molecule has 2 aromatic carbocycles. The van der Waals surface area contributed by atoms with Gasteiger partial charge in [-0.1, -0.05) is 48.0 Å². The van der Waals surface area contributed by atoms with Crippen LogP contribution in [0.4, 0.5) is 0 Å². The number of amides is 1. The third kappa shape index (κ3) is 5.39. The van der Waals surface area contributed by atoms with Crippen molar-refractivity contribution in [1.29, 1.82) is 0 Å². The molecular formula is C24H27N3OS. The van der Waals surface area contributed by atoms with Crippen molar-refractivity contribution in [3.05, 3.63) is 88.7 Å². The molecule has 1 aromatic heterocycles. The minimum Gasteiger partial charge on any atom is -0.318 e. The lowest BCUT2D eigenvalue weighted by Crippen LogP contribution is -2.27. The van der Waals surface area contributed by atoms with Crippen LogP contribution in [-0.2, 0) is 10.5 Å². The van der Waals surface area contributed by atoms with E-state index in [1.807, 2.05) is 25.1 Å². The van der Waals surface area contributed by atoms with Gasteiger partial charge in [-0.25, -0.2) is 5.43 Å². The molecule has 4 nitrogen and oxygen atoms in total. The Kier molecular flexibility index (Phi) is 6.94. The predicted molar refractivity (Wildman–Crippen MR) is 123 cm³/mol. The summed E-state index contributed by atoms with van der Waals surface area (Å²) in [6.45, 7) is 8.13. The van der Waals surface area contributed by atoms with Crippen LogP contribution in [0.2, 0.25) is 0 Å². The second-order valence-electron chi connectivity index (χ2n) is 7.17. The minimum absolute atomic E-state index is 0.0884. The fourth-order valence-electron chi connectivity index (χ4n) is 3.14. The van der Waals surface area contributed by atoms with E-state index in [1.165, 1.54) is 11.1 Å². The Hall–Kier alpha value is -2.79.